The van der Waals surface area contributed by atoms with Crippen molar-refractivity contribution in [1.82, 2.24) is 4.98 Å². The van der Waals surface area contributed by atoms with Crippen LogP contribution in [0.15, 0.2) is 24.0 Å². The first-order valence-electron chi connectivity index (χ1n) is 5.01. The third-order valence-electron chi connectivity index (χ3n) is 1.97. The molecule has 2 aromatic rings. The van der Waals surface area contributed by atoms with Crippen LogP contribution in [0.5, 0.6) is 5.75 Å². The van der Waals surface area contributed by atoms with Crippen molar-refractivity contribution in [1.29, 1.82) is 0 Å². The van der Waals surface area contributed by atoms with Crippen molar-refractivity contribution < 1.29 is 14.6 Å². The molecule has 0 fully saturated rings. The molecule has 0 radical (unpaired) electrons. The van der Waals surface area contributed by atoms with Gasteiger partial charge in [0.25, 0.3) is 0 Å². The Kier molecular flexibility index (Phi) is 3.10. The van der Waals surface area contributed by atoms with Crippen molar-refractivity contribution in [2.24, 2.45) is 0 Å². The van der Waals surface area contributed by atoms with Gasteiger partial charge in [-0.3, -0.25) is 4.79 Å². The first-order valence-corrected chi connectivity index (χ1v) is 5.82. The molecule has 2 rings (SSSR count). The summed E-state index contributed by atoms with van der Waals surface area (Å²) in [6.07, 6.45) is 1.59. The second-order valence-corrected chi connectivity index (χ2v) is 4.62. The standard InChI is InChI=1S/C12H11NO3S/c1-7(14)5-12-13-10-6-9(16-8(2)15)3-4-11(10)17-12/h3-6,14H,1-2H3. The normalized spacial score (nSPS) is 11.8. The van der Waals surface area contributed by atoms with Crippen LogP contribution in [0.2, 0.25) is 0 Å². The molecule has 0 bridgehead atoms. The van der Waals surface area contributed by atoms with Crippen LogP contribution in [-0.2, 0) is 4.79 Å². The van der Waals surface area contributed by atoms with E-state index in [1.165, 1.54) is 18.3 Å². The number of aliphatic hydroxyl groups excluding tert-OH is 1. The third-order valence-corrected chi connectivity index (χ3v) is 2.95. The zero-order valence-electron chi connectivity index (χ0n) is 9.43. The lowest BCUT2D eigenvalue weighted by Crippen LogP contribution is -2.00. The Hall–Kier alpha value is -1.88. The van der Waals surface area contributed by atoms with E-state index in [0.717, 1.165) is 15.2 Å². The number of carbonyl (C=O) groups excluding carboxylic acids is 1. The summed E-state index contributed by atoms with van der Waals surface area (Å²) in [4.78, 5) is 15.1. The van der Waals surface area contributed by atoms with E-state index in [4.69, 9.17) is 9.84 Å². The molecule has 0 atom stereocenters. The molecule has 1 heterocycles. The zero-order valence-corrected chi connectivity index (χ0v) is 10.2. The number of ether oxygens (including phenoxy) is 1. The molecule has 0 aliphatic rings. The van der Waals surface area contributed by atoms with Gasteiger partial charge in [0.1, 0.15) is 10.8 Å². The van der Waals surface area contributed by atoms with Gasteiger partial charge in [-0.05, 0) is 19.1 Å². The van der Waals surface area contributed by atoms with Gasteiger partial charge in [-0.25, -0.2) is 4.98 Å². The van der Waals surface area contributed by atoms with E-state index in [2.05, 4.69) is 4.98 Å². The molecular weight excluding hydrogens is 238 g/mol. The second-order valence-electron chi connectivity index (χ2n) is 3.56. The highest BCUT2D eigenvalue weighted by molar-refractivity contribution is 7.19. The lowest BCUT2D eigenvalue weighted by molar-refractivity contribution is -0.131. The Bertz CT molecular complexity index is 597. The molecule has 5 heteroatoms. The van der Waals surface area contributed by atoms with E-state index in [9.17, 15) is 4.79 Å². The van der Waals surface area contributed by atoms with Crippen LogP contribution < -0.4 is 4.74 Å². The van der Waals surface area contributed by atoms with Crippen molar-refractivity contribution in [3.8, 4) is 5.75 Å². The van der Waals surface area contributed by atoms with Crippen LogP contribution in [0, 0.1) is 0 Å². The number of aliphatic hydroxyl groups is 1. The SMILES string of the molecule is CC(=O)Oc1ccc2sc(C=C(C)O)nc2c1. The van der Waals surface area contributed by atoms with Crippen molar-refractivity contribution >= 4 is 33.6 Å². The van der Waals surface area contributed by atoms with E-state index in [0.29, 0.717) is 5.75 Å². The summed E-state index contributed by atoms with van der Waals surface area (Å²) in [5.74, 6) is 0.335. The first-order chi connectivity index (χ1) is 8.04. The molecule has 0 spiro atoms. The van der Waals surface area contributed by atoms with Crippen molar-refractivity contribution in [2.45, 2.75) is 13.8 Å². The van der Waals surface area contributed by atoms with Crippen LogP contribution in [0.3, 0.4) is 0 Å². The lowest BCUT2D eigenvalue weighted by atomic mass is 10.3. The summed E-state index contributed by atoms with van der Waals surface area (Å²) in [6.45, 7) is 2.95. The Morgan fingerprint density at radius 3 is 2.88 bits per heavy atom. The molecule has 1 N–H and O–H groups in total. The highest BCUT2D eigenvalue weighted by Crippen LogP contribution is 2.27. The van der Waals surface area contributed by atoms with Crippen molar-refractivity contribution in [3.05, 3.63) is 29.0 Å². The van der Waals surface area contributed by atoms with Gasteiger partial charge in [0.05, 0.1) is 16.0 Å². The van der Waals surface area contributed by atoms with Crippen LogP contribution in [0.1, 0.15) is 18.9 Å². The second kappa shape index (κ2) is 4.55. The summed E-state index contributed by atoms with van der Waals surface area (Å²) >= 11 is 1.47. The van der Waals surface area contributed by atoms with Gasteiger partial charge in [0.2, 0.25) is 0 Å². The summed E-state index contributed by atoms with van der Waals surface area (Å²) in [5.41, 5.74) is 0.751. The molecule has 0 saturated carbocycles. The van der Waals surface area contributed by atoms with Gasteiger partial charge < -0.3 is 9.84 Å². The summed E-state index contributed by atoms with van der Waals surface area (Å²) < 4.78 is 5.95. The molecule has 88 valence electrons. The monoisotopic (exact) mass is 249 g/mol. The van der Waals surface area contributed by atoms with E-state index < -0.39 is 0 Å². The minimum atomic E-state index is -0.356. The zero-order chi connectivity index (χ0) is 12.4. The Labute approximate surface area is 102 Å². The average Bonchev–Trinajstić information content (AvgIpc) is 2.56. The Balaban J connectivity index is 2.41. The van der Waals surface area contributed by atoms with Gasteiger partial charge in [0.15, 0.2) is 0 Å². The molecule has 0 aliphatic carbocycles. The number of esters is 1. The number of thiazole rings is 1. The number of aromatic nitrogens is 1. The van der Waals surface area contributed by atoms with E-state index in [-0.39, 0.29) is 11.7 Å². The number of allylic oxidation sites excluding steroid dienone is 1. The molecule has 0 aliphatic heterocycles. The van der Waals surface area contributed by atoms with Crippen LogP contribution in [-0.4, -0.2) is 16.1 Å². The van der Waals surface area contributed by atoms with Gasteiger partial charge in [-0.1, -0.05) is 0 Å². The predicted octanol–water partition coefficient (Wildman–Crippen LogP) is 3.14. The maximum absolute atomic E-state index is 10.8. The fourth-order valence-electron chi connectivity index (χ4n) is 1.39. The smallest absolute Gasteiger partial charge is 0.308 e. The number of carbonyl (C=O) groups is 1. The van der Waals surface area contributed by atoms with E-state index in [1.807, 2.05) is 6.07 Å². The fourth-order valence-corrected chi connectivity index (χ4v) is 2.34. The predicted molar refractivity (Wildman–Crippen MR) is 67.2 cm³/mol. The highest BCUT2D eigenvalue weighted by Gasteiger charge is 2.05. The molecule has 1 aromatic carbocycles. The molecule has 4 nitrogen and oxygen atoms in total. The maximum atomic E-state index is 10.8. The molecule has 17 heavy (non-hydrogen) atoms. The first kappa shape index (κ1) is 11.6. The topological polar surface area (TPSA) is 59.4 Å². The average molecular weight is 249 g/mol. The summed E-state index contributed by atoms with van der Waals surface area (Å²) in [5, 5.41) is 9.89. The summed E-state index contributed by atoms with van der Waals surface area (Å²) in [7, 11) is 0. The fraction of sp³-hybridized carbons (Fsp3) is 0.167. The van der Waals surface area contributed by atoms with Crippen LogP contribution in [0.4, 0.5) is 0 Å². The number of rotatable bonds is 2. The van der Waals surface area contributed by atoms with E-state index in [1.54, 1.807) is 25.1 Å². The molecule has 0 saturated heterocycles. The summed E-state index contributed by atoms with van der Waals surface area (Å²) in [6, 6.07) is 5.27. The minimum absolute atomic E-state index is 0.212. The molecule has 1 aromatic heterocycles. The third kappa shape index (κ3) is 2.82. The van der Waals surface area contributed by atoms with Gasteiger partial charge >= 0.3 is 5.97 Å². The Morgan fingerprint density at radius 1 is 1.47 bits per heavy atom. The van der Waals surface area contributed by atoms with E-state index >= 15 is 0 Å². The van der Waals surface area contributed by atoms with Crippen LogP contribution in [0.25, 0.3) is 16.3 Å². The highest BCUT2D eigenvalue weighted by atomic mass is 32.1. The van der Waals surface area contributed by atoms with Crippen molar-refractivity contribution in [2.75, 3.05) is 0 Å². The Morgan fingerprint density at radius 2 is 2.24 bits per heavy atom. The molecule has 0 amide bonds. The van der Waals surface area contributed by atoms with Gasteiger partial charge in [0, 0.05) is 19.1 Å². The van der Waals surface area contributed by atoms with Gasteiger partial charge in [-0.15, -0.1) is 11.3 Å². The minimum Gasteiger partial charge on any atom is -0.513 e. The molecular formula is C12H11NO3S. The lowest BCUT2D eigenvalue weighted by Gasteiger charge is -1.99. The largest absolute Gasteiger partial charge is 0.513 e. The van der Waals surface area contributed by atoms with Crippen LogP contribution >= 0.6 is 11.3 Å². The van der Waals surface area contributed by atoms with Gasteiger partial charge in [-0.2, -0.15) is 0 Å². The maximum Gasteiger partial charge on any atom is 0.308 e. The number of fused-ring (bicyclic) bond motifs is 1. The number of hydrogen-bond acceptors (Lipinski definition) is 5. The number of nitrogens with zero attached hydrogens (tertiary/aromatic N) is 1. The quantitative estimate of drug-likeness (QED) is 0.504. The van der Waals surface area contributed by atoms with Crippen molar-refractivity contribution in [3.63, 3.8) is 0 Å². The molecule has 0 unspecified atom stereocenters. The number of hydrogen-bond donors (Lipinski definition) is 1. The number of benzene rings is 1.